The summed E-state index contributed by atoms with van der Waals surface area (Å²) in [5.41, 5.74) is 7.98. The summed E-state index contributed by atoms with van der Waals surface area (Å²) in [5.74, 6) is 0.474. The summed E-state index contributed by atoms with van der Waals surface area (Å²) in [5, 5.41) is 10.2. The van der Waals surface area contributed by atoms with Gasteiger partial charge in [0.25, 0.3) is 0 Å². The fourth-order valence-electron chi connectivity index (χ4n) is 1.70. The first kappa shape index (κ1) is 10.6. The molecule has 0 saturated carbocycles. The minimum Gasteiger partial charge on any atom is -0.384 e. The van der Waals surface area contributed by atoms with Gasteiger partial charge in [0.15, 0.2) is 0 Å². The van der Waals surface area contributed by atoms with Crippen molar-refractivity contribution in [2.45, 2.75) is 13.0 Å². The Balaban J connectivity index is 2.38. The average molecular weight is 214 g/mol. The Morgan fingerprint density at radius 1 is 1.12 bits per heavy atom. The molecule has 1 aromatic heterocycles. The molecule has 3 N–H and O–H groups in total. The predicted molar refractivity (Wildman–Crippen MR) is 63.9 cm³/mol. The van der Waals surface area contributed by atoms with E-state index in [9.17, 15) is 5.11 Å². The Hall–Kier alpha value is -1.87. The number of hydrogen-bond donors (Lipinski definition) is 2. The SMILES string of the molecule is Cc1nc(N)ccc1C(O)c1ccccc1. The molecule has 0 aliphatic carbocycles. The number of rotatable bonds is 2. The van der Waals surface area contributed by atoms with Crippen molar-refractivity contribution in [2.24, 2.45) is 0 Å². The summed E-state index contributed by atoms with van der Waals surface area (Å²) in [6.07, 6.45) is -0.644. The van der Waals surface area contributed by atoms with Gasteiger partial charge in [0.2, 0.25) is 0 Å². The third-order valence-electron chi connectivity index (χ3n) is 2.56. The zero-order valence-electron chi connectivity index (χ0n) is 9.09. The maximum atomic E-state index is 10.2. The Morgan fingerprint density at radius 2 is 1.81 bits per heavy atom. The molecule has 2 aromatic rings. The Bertz CT molecular complexity index is 483. The third-order valence-corrected chi connectivity index (χ3v) is 2.56. The summed E-state index contributed by atoms with van der Waals surface area (Å²) in [6, 6.07) is 13.0. The fraction of sp³-hybridized carbons (Fsp3) is 0.154. The van der Waals surface area contributed by atoms with Crippen molar-refractivity contribution in [3.63, 3.8) is 0 Å². The van der Waals surface area contributed by atoms with Crippen LogP contribution in [0.2, 0.25) is 0 Å². The van der Waals surface area contributed by atoms with E-state index in [0.717, 1.165) is 16.8 Å². The van der Waals surface area contributed by atoms with E-state index in [-0.39, 0.29) is 0 Å². The fourth-order valence-corrected chi connectivity index (χ4v) is 1.70. The van der Waals surface area contributed by atoms with Gasteiger partial charge in [0, 0.05) is 11.3 Å². The van der Waals surface area contributed by atoms with Crippen molar-refractivity contribution in [3.05, 3.63) is 59.3 Å². The minimum absolute atomic E-state index is 0.474. The zero-order valence-corrected chi connectivity index (χ0v) is 9.09. The Labute approximate surface area is 94.6 Å². The van der Waals surface area contributed by atoms with E-state index in [1.165, 1.54) is 0 Å². The molecular formula is C13H14N2O. The molecule has 0 amide bonds. The Kier molecular flexibility index (Phi) is 2.88. The number of aromatic nitrogens is 1. The number of anilines is 1. The standard InChI is InChI=1S/C13H14N2O/c1-9-11(7-8-12(14)15-9)13(16)10-5-3-2-4-6-10/h2-8,13,16H,1H3,(H2,14,15). The van der Waals surface area contributed by atoms with E-state index < -0.39 is 6.10 Å². The lowest BCUT2D eigenvalue weighted by Crippen LogP contribution is -2.04. The average Bonchev–Trinajstić information content (AvgIpc) is 2.29. The molecule has 2 rings (SSSR count). The van der Waals surface area contributed by atoms with Gasteiger partial charge in [-0.3, -0.25) is 0 Å². The van der Waals surface area contributed by atoms with Crippen molar-refractivity contribution in [2.75, 3.05) is 5.73 Å². The lowest BCUT2D eigenvalue weighted by Gasteiger charge is -2.13. The molecule has 0 bridgehead atoms. The van der Waals surface area contributed by atoms with Gasteiger partial charge in [-0.1, -0.05) is 36.4 Å². The van der Waals surface area contributed by atoms with Crippen LogP contribution in [0.25, 0.3) is 0 Å². The molecule has 1 aromatic carbocycles. The highest BCUT2D eigenvalue weighted by atomic mass is 16.3. The number of hydrogen-bond acceptors (Lipinski definition) is 3. The van der Waals surface area contributed by atoms with E-state index in [0.29, 0.717) is 5.82 Å². The third kappa shape index (κ3) is 2.04. The first-order valence-electron chi connectivity index (χ1n) is 5.14. The molecule has 1 atom stereocenters. The van der Waals surface area contributed by atoms with Crippen LogP contribution < -0.4 is 5.73 Å². The minimum atomic E-state index is -0.644. The molecule has 3 heteroatoms. The summed E-state index contributed by atoms with van der Waals surface area (Å²) >= 11 is 0. The number of benzene rings is 1. The molecule has 16 heavy (non-hydrogen) atoms. The number of aliphatic hydroxyl groups excluding tert-OH is 1. The number of nitrogen functional groups attached to an aromatic ring is 1. The molecule has 0 radical (unpaired) electrons. The number of aliphatic hydroxyl groups is 1. The van der Waals surface area contributed by atoms with Gasteiger partial charge in [-0.05, 0) is 18.6 Å². The van der Waals surface area contributed by atoms with Crippen molar-refractivity contribution >= 4 is 5.82 Å². The molecule has 3 nitrogen and oxygen atoms in total. The van der Waals surface area contributed by atoms with Crippen LogP contribution >= 0.6 is 0 Å². The van der Waals surface area contributed by atoms with Crippen LogP contribution in [0.15, 0.2) is 42.5 Å². The van der Waals surface area contributed by atoms with E-state index in [2.05, 4.69) is 4.98 Å². The van der Waals surface area contributed by atoms with Crippen LogP contribution in [-0.2, 0) is 0 Å². The van der Waals surface area contributed by atoms with Crippen LogP contribution in [0.4, 0.5) is 5.82 Å². The van der Waals surface area contributed by atoms with Crippen LogP contribution in [0.3, 0.4) is 0 Å². The maximum Gasteiger partial charge on any atom is 0.123 e. The van der Waals surface area contributed by atoms with Gasteiger partial charge in [-0.25, -0.2) is 4.98 Å². The van der Waals surface area contributed by atoms with Gasteiger partial charge in [-0.15, -0.1) is 0 Å². The predicted octanol–water partition coefficient (Wildman–Crippen LogP) is 2.05. The maximum absolute atomic E-state index is 10.2. The first-order chi connectivity index (χ1) is 7.68. The summed E-state index contributed by atoms with van der Waals surface area (Å²) < 4.78 is 0. The van der Waals surface area contributed by atoms with Gasteiger partial charge in [-0.2, -0.15) is 0 Å². The second-order valence-electron chi connectivity index (χ2n) is 3.72. The number of pyridine rings is 1. The van der Waals surface area contributed by atoms with E-state index in [1.807, 2.05) is 43.3 Å². The Morgan fingerprint density at radius 3 is 2.44 bits per heavy atom. The molecule has 0 aliphatic heterocycles. The van der Waals surface area contributed by atoms with Crippen molar-refractivity contribution in [1.29, 1.82) is 0 Å². The second-order valence-corrected chi connectivity index (χ2v) is 3.72. The van der Waals surface area contributed by atoms with Crippen LogP contribution in [0.1, 0.15) is 22.9 Å². The van der Waals surface area contributed by atoms with Crippen molar-refractivity contribution in [3.8, 4) is 0 Å². The summed E-state index contributed by atoms with van der Waals surface area (Å²) in [7, 11) is 0. The monoisotopic (exact) mass is 214 g/mol. The number of nitrogens with two attached hydrogens (primary N) is 1. The molecule has 0 saturated heterocycles. The van der Waals surface area contributed by atoms with E-state index >= 15 is 0 Å². The van der Waals surface area contributed by atoms with Crippen LogP contribution in [0.5, 0.6) is 0 Å². The van der Waals surface area contributed by atoms with E-state index in [1.54, 1.807) is 6.07 Å². The quantitative estimate of drug-likeness (QED) is 0.804. The molecular weight excluding hydrogens is 200 g/mol. The van der Waals surface area contributed by atoms with Crippen molar-refractivity contribution < 1.29 is 5.11 Å². The van der Waals surface area contributed by atoms with Gasteiger partial charge >= 0.3 is 0 Å². The largest absolute Gasteiger partial charge is 0.384 e. The normalized spacial score (nSPS) is 12.4. The lowest BCUT2D eigenvalue weighted by atomic mass is 10.0. The second kappa shape index (κ2) is 4.33. The van der Waals surface area contributed by atoms with Gasteiger partial charge in [0.05, 0.1) is 0 Å². The first-order valence-corrected chi connectivity index (χ1v) is 5.14. The molecule has 0 aliphatic rings. The topological polar surface area (TPSA) is 59.1 Å². The highest BCUT2D eigenvalue weighted by Crippen LogP contribution is 2.23. The highest BCUT2D eigenvalue weighted by molar-refractivity contribution is 5.38. The van der Waals surface area contributed by atoms with Gasteiger partial charge in [0.1, 0.15) is 11.9 Å². The molecule has 1 unspecified atom stereocenters. The summed E-state index contributed by atoms with van der Waals surface area (Å²) in [6.45, 7) is 1.85. The zero-order chi connectivity index (χ0) is 11.5. The smallest absolute Gasteiger partial charge is 0.123 e. The number of nitrogens with zero attached hydrogens (tertiary/aromatic N) is 1. The van der Waals surface area contributed by atoms with Gasteiger partial charge < -0.3 is 10.8 Å². The summed E-state index contributed by atoms with van der Waals surface area (Å²) in [4.78, 5) is 4.14. The van der Waals surface area contributed by atoms with Crippen LogP contribution in [-0.4, -0.2) is 10.1 Å². The van der Waals surface area contributed by atoms with E-state index in [4.69, 9.17) is 5.73 Å². The molecule has 0 fully saturated rings. The number of aryl methyl sites for hydroxylation is 1. The van der Waals surface area contributed by atoms with Crippen LogP contribution in [0, 0.1) is 6.92 Å². The van der Waals surface area contributed by atoms with Crippen molar-refractivity contribution in [1.82, 2.24) is 4.98 Å². The molecule has 82 valence electrons. The molecule has 1 heterocycles. The highest BCUT2D eigenvalue weighted by Gasteiger charge is 2.13. The lowest BCUT2D eigenvalue weighted by molar-refractivity contribution is 0.219. The molecule has 0 spiro atoms.